The molecule has 0 aliphatic rings. The maximum atomic E-state index is 12.2. The highest BCUT2D eigenvalue weighted by atomic mass is 32.2. The van der Waals surface area contributed by atoms with E-state index in [-0.39, 0.29) is 17.7 Å². The van der Waals surface area contributed by atoms with Crippen molar-refractivity contribution >= 4 is 10.0 Å². The van der Waals surface area contributed by atoms with Gasteiger partial charge in [0.15, 0.2) is 0 Å². The summed E-state index contributed by atoms with van der Waals surface area (Å²) in [5.74, 6) is 0.315. The highest BCUT2D eigenvalue weighted by molar-refractivity contribution is 7.88. The maximum absolute atomic E-state index is 12.2. The number of rotatable bonds is 9. The van der Waals surface area contributed by atoms with Crippen LogP contribution >= 0.6 is 0 Å². The van der Waals surface area contributed by atoms with E-state index >= 15 is 0 Å². The quantitative estimate of drug-likeness (QED) is 0.689. The number of hydrogen-bond acceptors (Lipinski definition) is 3. The van der Waals surface area contributed by atoms with E-state index in [0.29, 0.717) is 0 Å². The Bertz CT molecular complexity index is 527. The summed E-state index contributed by atoms with van der Waals surface area (Å²) < 4.78 is 27.1. The molecule has 5 heteroatoms. The first-order valence-electron chi connectivity index (χ1n) is 7.62. The van der Waals surface area contributed by atoms with E-state index in [9.17, 15) is 8.42 Å². The molecule has 1 unspecified atom stereocenters. The average molecular weight is 312 g/mol. The van der Waals surface area contributed by atoms with Crippen LogP contribution in [0.1, 0.15) is 45.2 Å². The zero-order valence-corrected chi connectivity index (χ0v) is 14.3. The fraction of sp³-hybridized carbons (Fsp3) is 0.625. The van der Waals surface area contributed by atoms with E-state index in [1.807, 2.05) is 45.0 Å². The van der Waals surface area contributed by atoms with Crippen molar-refractivity contribution in [3.05, 3.63) is 35.4 Å². The summed E-state index contributed by atoms with van der Waals surface area (Å²) in [5, 5.41) is 3.32. The third-order valence-corrected chi connectivity index (χ3v) is 4.91. The molecule has 0 saturated heterocycles. The van der Waals surface area contributed by atoms with Gasteiger partial charge in [-0.05, 0) is 36.9 Å². The van der Waals surface area contributed by atoms with Crippen molar-refractivity contribution in [2.75, 3.05) is 6.54 Å². The normalized spacial score (nSPS) is 13.6. The molecule has 0 fully saturated rings. The van der Waals surface area contributed by atoms with Gasteiger partial charge in [-0.25, -0.2) is 13.1 Å². The fourth-order valence-electron chi connectivity index (χ4n) is 1.92. The summed E-state index contributed by atoms with van der Waals surface area (Å²) in [6.07, 6.45) is 1.09. The van der Waals surface area contributed by atoms with Gasteiger partial charge in [0.25, 0.3) is 0 Å². The summed E-state index contributed by atoms with van der Waals surface area (Å²) in [7, 11) is -3.29. The number of sulfonamides is 1. The van der Waals surface area contributed by atoms with E-state index in [1.54, 1.807) is 0 Å². The number of hydrogen-bond donors (Lipinski definition) is 2. The Balaban J connectivity index is 2.67. The second kappa shape index (κ2) is 8.51. The molecule has 0 amide bonds. The molecule has 4 nitrogen and oxygen atoms in total. The Morgan fingerprint density at radius 1 is 1.14 bits per heavy atom. The SMILES string of the molecule is CCCNCc1cccc(CS(=O)(=O)NC(C)C(C)C)c1. The van der Waals surface area contributed by atoms with Crippen LogP contribution in [-0.2, 0) is 22.3 Å². The van der Waals surface area contributed by atoms with Gasteiger partial charge in [-0.15, -0.1) is 0 Å². The molecule has 0 radical (unpaired) electrons. The number of nitrogens with one attached hydrogen (secondary N) is 2. The molecule has 0 saturated carbocycles. The zero-order valence-electron chi connectivity index (χ0n) is 13.5. The van der Waals surface area contributed by atoms with Gasteiger partial charge in [-0.2, -0.15) is 0 Å². The average Bonchev–Trinajstić information content (AvgIpc) is 2.38. The molecule has 0 aliphatic heterocycles. The zero-order chi connectivity index (χ0) is 15.9. The summed E-state index contributed by atoms with van der Waals surface area (Å²) in [5.41, 5.74) is 1.95. The molecular weight excluding hydrogens is 284 g/mol. The van der Waals surface area contributed by atoms with E-state index < -0.39 is 10.0 Å². The van der Waals surface area contributed by atoms with Gasteiger partial charge in [0.05, 0.1) is 5.75 Å². The fourth-order valence-corrected chi connectivity index (χ4v) is 3.46. The van der Waals surface area contributed by atoms with Crippen LogP contribution in [0.15, 0.2) is 24.3 Å². The van der Waals surface area contributed by atoms with E-state index in [2.05, 4.69) is 17.0 Å². The molecular formula is C16H28N2O2S. The number of benzene rings is 1. The van der Waals surface area contributed by atoms with Crippen molar-refractivity contribution < 1.29 is 8.42 Å². The van der Waals surface area contributed by atoms with Crippen LogP contribution in [0.25, 0.3) is 0 Å². The molecule has 0 aromatic heterocycles. The predicted molar refractivity (Wildman–Crippen MR) is 88.5 cm³/mol. The lowest BCUT2D eigenvalue weighted by atomic mass is 10.1. The van der Waals surface area contributed by atoms with Gasteiger partial charge in [0.1, 0.15) is 0 Å². The van der Waals surface area contributed by atoms with Crippen molar-refractivity contribution in [2.24, 2.45) is 5.92 Å². The van der Waals surface area contributed by atoms with E-state index in [0.717, 1.165) is 30.6 Å². The minimum absolute atomic E-state index is 0.0334. The Morgan fingerprint density at radius 3 is 2.43 bits per heavy atom. The third kappa shape index (κ3) is 7.07. The minimum atomic E-state index is -3.29. The minimum Gasteiger partial charge on any atom is -0.313 e. The largest absolute Gasteiger partial charge is 0.313 e. The van der Waals surface area contributed by atoms with Crippen LogP contribution < -0.4 is 10.0 Å². The molecule has 120 valence electrons. The second-order valence-corrected chi connectivity index (χ2v) is 7.66. The summed E-state index contributed by atoms with van der Waals surface area (Å²) in [6, 6.07) is 7.71. The standard InChI is InChI=1S/C16H28N2O2S/c1-5-9-17-11-15-7-6-8-16(10-15)12-21(19,20)18-14(4)13(2)3/h6-8,10,13-14,17-18H,5,9,11-12H2,1-4H3. The molecule has 0 aliphatic carbocycles. The lowest BCUT2D eigenvalue weighted by molar-refractivity contribution is 0.476. The van der Waals surface area contributed by atoms with Crippen LogP contribution in [0.3, 0.4) is 0 Å². The van der Waals surface area contributed by atoms with Gasteiger partial charge in [-0.3, -0.25) is 0 Å². The maximum Gasteiger partial charge on any atom is 0.216 e. The molecule has 1 aromatic carbocycles. The molecule has 1 rings (SSSR count). The van der Waals surface area contributed by atoms with Crippen molar-refractivity contribution in [3.8, 4) is 0 Å². The first-order valence-corrected chi connectivity index (χ1v) is 9.28. The molecule has 0 heterocycles. The van der Waals surface area contributed by atoms with Crippen molar-refractivity contribution in [3.63, 3.8) is 0 Å². The Hall–Kier alpha value is -0.910. The Morgan fingerprint density at radius 2 is 1.81 bits per heavy atom. The highest BCUT2D eigenvalue weighted by Crippen LogP contribution is 2.10. The van der Waals surface area contributed by atoms with Gasteiger partial charge >= 0.3 is 0 Å². The molecule has 1 aromatic rings. The molecule has 1 atom stereocenters. The van der Waals surface area contributed by atoms with Gasteiger partial charge in [-0.1, -0.05) is 45.0 Å². The predicted octanol–water partition coefficient (Wildman–Crippen LogP) is 2.65. The smallest absolute Gasteiger partial charge is 0.216 e. The van der Waals surface area contributed by atoms with Crippen molar-refractivity contribution in [2.45, 2.75) is 52.5 Å². The summed E-state index contributed by atoms with van der Waals surface area (Å²) >= 11 is 0. The van der Waals surface area contributed by atoms with Gasteiger partial charge in [0, 0.05) is 12.6 Å². The first kappa shape index (κ1) is 18.1. The monoisotopic (exact) mass is 312 g/mol. The Kier molecular flexibility index (Phi) is 7.35. The van der Waals surface area contributed by atoms with Crippen LogP contribution in [0.5, 0.6) is 0 Å². The van der Waals surface area contributed by atoms with E-state index in [4.69, 9.17) is 0 Å². The van der Waals surface area contributed by atoms with Crippen molar-refractivity contribution in [1.29, 1.82) is 0 Å². The van der Waals surface area contributed by atoms with Gasteiger partial charge in [0.2, 0.25) is 10.0 Å². The highest BCUT2D eigenvalue weighted by Gasteiger charge is 2.17. The first-order chi connectivity index (χ1) is 9.84. The van der Waals surface area contributed by atoms with Crippen molar-refractivity contribution in [1.82, 2.24) is 10.0 Å². The van der Waals surface area contributed by atoms with E-state index in [1.165, 1.54) is 0 Å². The topological polar surface area (TPSA) is 58.2 Å². The molecule has 21 heavy (non-hydrogen) atoms. The van der Waals surface area contributed by atoms with Crippen LogP contribution in [0.4, 0.5) is 0 Å². The lowest BCUT2D eigenvalue weighted by Crippen LogP contribution is -2.36. The van der Waals surface area contributed by atoms with Crippen LogP contribution in [-0.4, -0.2) is 21.0 Å². The van der Waals surface area contributed by atoms with Crippen LogP contribution in [0, 0.1) is 5.92 Å². The second-order valence-electron chi connectivity index (χ2n) is 5.91. The summed E-state index contributed by atoms with van der Waals surface area (Å²) in [4.78, 5) is 0. The van der Waals surface area contributed by atoms with Crippen LogP contribution in [0.2, 0.25) is 0 Å². The summed E-state index contributed by atoms with van der Waals surface area (Å²) in [6.45, 7) is 9.78. The van der Waals surface area contributed by atoms with Gasteiger partial charge < -0.3 is 5.32 Å². The third-order valence-electron chi connectivity index (χ3n) is 3.47. The molecule has 2 N–H and O–H groups in total. The molecule has 0 spiro atoms. The lowest BCUT2D eigenvalue weighted by Gasteiger charge is -2.17. The Labute approximate surface area is 129 Å². The molecule has 0 bridgehead atoms.